The van der Waals surface area contributed by atoms with Crippen LogP contribution >= 0.6 is 11.3 Å². The maximum atomic E-state index is 11.8. The summed E-state index contributed by atoms with van der Waals surface area (Å²) in [7, 11) is -3.22. The fraction of sp³-hybridized carbons (Fsp3) is 0.273. The number of carbonyl (C=O) groups excluding carboxylic acids is 1. The van der Waals surface area contributed by atoms with Crippen molar-refractivity contribution in [1.29, 1.82) is 0 Å². The molecule has 2 N–H and O–H groups in total. The molecule has 0 atom stereocenters. The Hall–Kier alpha value is -1.51. The molecule has 0 bridgehead atoms. The summed E-state index contributed by atoms with van der Waals surface area (Å²) in [6, 6.07) is 7.49. The summed E-state index contributed by atoms with van der Waals surface area (Å²) in [5, 5.41) is 2.99. The Balaban J connectivity index is 1.93. The van der Waals surface area contributed by atoms with E-state index >= 15 is 0 Å². The molecule has 0 aliphatic heterocycles. The molecule has 1 aromatic carbocycles. The first-order valence-corrected chi connectivity index (χ1v) is 8.25. The van der Waals surface area contributed by atoms with Gasteiger partial charge in [-0.05, 0) is 12.1 Å². The summed E-state index contributed by atoms with van der Waals surface area (Å²) in [6.07, 6.45) is 1.07. The lowest BCUT2D eigenvalue weighted by Gasteiger charge is -2.03. The second-order valence-electron chi connectivity index (χ2n) is 3.91. The number of aromatic nitrogens is 1. The van der Waals surface area contributed by atoms with E-state index < -0.39 is 10.0 Å². The Morgan fingerprint density at radius 1 is 1.32 bits per heavy atom. The molecule has 2 aromatic rings. The lowest BCUT2D eigenvalue weighted by atomic mass is 10.3. The highest BCUT2D eigenvalue weighted by Crippen LogP contribution is 2.21. The Morgan fingerprint density at radius 2 is 2.05 bits per heavy atom. The van der Waals surface area contributed by atoms with Crippen molar-refractivity contribution in [1.82, 2.24) is 15.0 Å². The quantitative estimate of drug-likeness (QED) is 0.790. The number of fused-ring (bicyclic) bond motifs is 1. The molecule has 0 radical (unpaired) electrons. The zero-order chi connectivity index (χ0) is 13.9. The first-order valence-electron chi connectivity index (χ1n) is 5.54. The Kier molecular flexibility index (Phi) is 4.13. The van der Waals surface area contributed by atoms with Gasteiger partial charge < -0.3 is 5.32 Å². The summed E-state index contributed by atoms with van der Waals surface area (Å²) in [6.45, 7) is 0.386. The smallest absolute Gasteiger partial charge is 0.280 e. The van der Waals surface area contributed by atoms with Crippen LogP contribution in [0.4, 0.5) is 0 Å². The van der Waals surface area contributed by atoms with Crippen molar-refractivity contribution < 1.29 is 13.2 Å². The fourth-order valence-corrected chi connectivity index (χ4v) is 2.81. The van der Waals surface area contributed by atoms with Gasteiger partial charge in [-0.1, -0.05) is 12.1 Å². The number of thiazole rings is 1. The van der Waals surface area contributed by atoms with Crippen molar-refractivity contribution in [2.45, 2.75) is 0 Å². The van der Waals surface area contributed by atoms with E-state index in [4.69, 9.17) is 0 Å². The molecule has 1 aromatic heterocycles. The minimum Gasteiger partial charge on any atom is -0.349 e. The normalized spacial score (nSPS) is 11.6. The van der Waals surface area contributed by atoms with Crippen LogP contribution in [0, 0.1) is 0 Å². The highest BCUT2D eigenvalue weighted by atomic mass is 32.2. The van der Waals surface area contributed by atoms with Gasteiger partial charge in [0.25, 0.3) is 5.91 Å². The molecule has 19 heavy (non-hydrogen) atoms. The molecule has 1 amide bonds. The van der Waals surface area contributed by atoms with Gasteiger partial charge in [0.1, 0.15) is 0 Å². The average Bonchev–Trinajstić information content (AvgIpc) is 2.77. The van der Waals surface area contributed by atoms with Crippen LogP contribution in [0.25, 0.3) is 10.2 Å². The topological polar surface area (TPSA) is 88.2 Å². The molecule has 8 heteroatoms. The summed E-state index contributed by atoms with van der Waals surface area (Å²) >= 11 is 1.31. The summed E-state index contributed by atoms with van der Waals surface area (Å²) in [5.74, 6) is -0.295. The van der Waals surface area contributed by atoms with Gasteiger partial charge in [0.2, 0.25) is 10.0 Å². The van der Waals surface area contributed by atoms with Gasteiger partial charge in [0.05, 0.1) is 16.5 Å². The third-order valence-corrected chi connectivity index (χ3v) is 4.03. The zero-order valence-electron chi connectivity index (χ0n) is 10.2. The van der Waals surface area contributed by atoms with E-state index in [0.717, 1.165) is 16.5 Å². The number of amides is 1. The molecule has 2 rings (SSSR count). The molecule has 0 unspecified atom stereocenters. The van der Waals surface area contributed by atoms with E-state index in [1.807, 2.05) is 24.3 Å². The summed E-state index contributed by atoms with van der Waals surface area (Å²) in [5.41, 5.74) is 0.784. The predicted molar refractivity (Wildman–Crippen MR) is 74.8 cm³/mol. The number of nitrogens with zero attached hydrogens (tertiary/aromatic N) is 1. The van der Waals surface area contributed by atoms with Crippen molar-refractivity contribution in [3.05, 3.63) is 29.3 Å². The number of benzene rings is 1. The van der Waals surface area contributed by atoms with Gasteiger partial charge in [-0.2, -0.15) is 0 Å². The summed E-state index contributed by atoms with van der Waals surface area (Å²) in [4.78, 5) is 16.0. The largest absolute Gasteiger partial charge is 0.349 e. The number of hydrogen-bond acceptors (Lipinski definition) is 5. The van der Waals surface area contributed by atoms with Crippen molar-refractivity contribution in [2.24, 2.45) is 0 Å². The second-order valence-corrected chi connectivity index (χ2v) is 6.77. The van der Waals surface area contributed by atoms with E-state index in [9.17, 15) is 13.2 Å². The standard InChI is InChI=1S/C11H13N3O3S2/c1-19(16,17)13-7-6-12-10(15)11-14-8-4-2-3-5-9(8)18-11/h2-5,13H,6-7H2,1H3,(H,12,15). The van der Waals surface area contributed by atoms with E-state index in [1.54, 1.807) is 0 Å². The molecule has 6 nitrogen and oxygen atoms in total. The fourth-order valence-electron chi connectivity index (χ4n) is 1.46. The van der Waals surface area contributed by atoms with E-state index in [0.29, 0.717) is 5.01 Å². The van der Waals surface area contributed by atoms with Gasteiger partial charge in [-0.15, -0.1) is 11.3 Å². The van der Waals surface area contributed by atoms with Crippen LogP contribution in [0.2, 0.25) is 0 Å². The zero-order valence-corrected chi connectivity index (χ0v) is 11.8. The molecule has 0 aliphatic carbocycles. The number of sulfonamides is 1. The van der Waals surface area contributed by atoms with Gasteiger partial charge in [-0.3, -0.25) is 4.79 Å². The molecule has 0 spiro atoms. The summed E-state index contributed by atoms with van der Waals surface area (Å²) < 4.78 is 24.9. The third-order valence-electron chi connectivity index (χ3n) is 2.26. The van der Waals surface area contributed by atoms with Crippen LogP contribution < -0.4 is 10.0 Å². The first-order chi connectivity index (χ1) is 8.96. The SMILES string of the molecule is CS(=O)(=O)NCCNC(=O)c1nc2ccccc2s1. The highest BCUT2D eigenvalue weighted by molar-refractivity contribution is 7.88. The van der Waals surface area contributed by atoms with Crippen LogP contribution in [0.5, 0.6) is 0 Å². The lowest BCUT2D eigenvalue weighted by Crippen LogP contribution is -2.34. The van der Waals surface area contributed by atoms with Crippen LogP contribution in [-0.2, 0) is 10.0 Å². The van der Waals surface area contributed by atoms with Gasteiger partial charge in [0.15, 0.2) is 5.01 Å². The lowest BCUT2D eigenvalue weighted by molar-refractivity contribution is 0.0954. The minimum absolute atomic E-state index is 0.162. The highest BCUT2D eigenvalue weighted by Gasteiger charge is 2.11. The molecular formula is C11H13N3O3S2. The van der Waals surface area contributed by atoms with E-state index in [1.165, 1.54) is 11.3 Å². The van der Waals surface area contributed by atoms with Crippen LogP contribution in [0.15, 0.2) is 24.3 Å². The van der Waals surface area contributed by atoms with Crippen molar-refractivity contribution in [3.8, 4) is 0 Å². The van der Waals surface area contributed by atoms with E-state index in [-0.39, 0.29) is 19.0 Å². The van der Waals surface area contributed by atoms with Crippen LogP contribution in [0.1, 0.15) is 9.80 Å². The minimum atomic E-state index is -3.22. The molecular weight excluding hydrogens is 286 g/mol. The molecule has 102 valence electrons. The van der Waals surface area contributed by atoms with Crippen molar-refractivity contribution >= 4 is 37.5 Å². The van der Waals surface area contributed by atoms with Crippen molar-refractivity contribution in [3.63, 3.8) is 0 Å². The Labute approximate surface area is 114 Å². The van der Waals surface area contributed by atoms with Gasteiger partial charge in [0, 0.05) is 13.1 Å². The number of para-hydroxylation sites is 1. The van der Waals surface area contributed by atoms with Gasteiger partial charge in [-0.25, -0.2) is 18.1 Å². The van der Waals surface area contributed by atoms with Crippen LogP contribution in [-0.4, -0.2) is 38.7 Å². The Bertz CT molecular complexity index is 661. The first kappa shape index (κ1) is 13.9. The van der Waals surface area contributed by atoms with E-state index in [2.05, 4.69) is 15.0 Å². The predicted octanol–water partition coefficient (Wildman–Crippen LogP) is 0.575. The second kappa shape index (κ2) is 5.64. The number of rotatable bonds is 5. The van der Waals surface area contributed by atoms with Crippen LogP contribution in [0.3, 0.4) is 0 Å². The molecule has 0 fully saturated rings. The van der Waals surface area contributed by atoms with Crippen molar-refractivity contribution in [2.75, 3.05) is 19.3 Å². The Morgan fingerprint density at radius 3 is 2.74 bits per heavy atom. The molecule has 0 aliphatic rings. The van der Waals surface area contributed by atoms with Gasteiger partial charge >= 0.3 is 0 Å². The molecule has 0 saturated heterocycles. The maximum absolute atomic E-state index is 11.8. The number of hydrogen-bond donors (Lipinski definition) is 2. The monoisotopic (exact) mass is 299 g/mol. The maximum Gasteiger partial charge on any atom is 0.280 e. The molecule has 0 saturated carbocycles. The number of carbonyl (C=O) groups is 1. The average molecular weight is 299 g/mol. The third kappa shape index (κ3) is 3.98. The molecule has 1 heterocycles. The number of nitrogens with one attached hydrogen (secondary N) is 2.